The molecule has 1 aliphatic rings. The number of carbonyl (C=O) groups excluding carboxylic acids is 2. The van der Waals surface area contributed by atoms with E-state index in [1.54, 1.807) is 12.1 Å². The van der Waals surface area contributed by atoms with Crippen molar-refractivity contribution in [2.45, 2.75) is 38.6 Å². The molecule has 3 atom stereocenters. The van der Waals surface area contributed by atoms with Gasteiger partial charge in [0.15, 0.2) is 0 Å². The number of amides is 2. The monoisotopic (exact) mass is 599 g/mol. The van der Waals surface area contributed by atoms with Gasteiger partial charge < -0.3 is 15.0 Å². The van der Waals surface area contributed by atoms with Crippen LogP contribution in [-0.4, -0.2) is 30.6 Å². The number of methoxy groups -OCH3 is 1. The number of urea groups is 1. The van der Waals surface area contributed by atoms with E-state index in [9.17, 15) is 14.9 Å². The fourth-order valence-electron chi connectivity index (χ4n) is 5.71. The van der Waals surface area contributed by atoms with E-state index in [1.807, 2.05) is 20.8 Å². The summed E-state index contributed by atoms with van der Waals surface area (Å²) in [6.07, 6.45) is 0.406. The Kier molecular flexibility index (Phi) is 8.62. The zero-order valence-corrected chi connectivity index (χ0v) is 24.5. The highest BCUT2D eigenvalue weighted by atomic mass is 35.5. The highest BCUT2D eigenvalue weighted by Gasteiger charge is 2.60. The summed E-state index contributed by atoms with van der Waals surface area (Å²) in [5.41, 5.74) is -1.58. The number of nitrogens with one attached hydrogen (secondary N) is 1. The number of likely N-dealkylation sites (tertiary alicyclic amines) is 1. The summed E-state index contributed by atoms with van der Waals surface area (Å²) in [5.74, 6) is -2.75. The van der Waals surface area contributed by atoms with Gasteiger partial charge >= 0.3 is 12.0 Å². The Balaban J connectivity index is 1.93. The van der Waals surface area contributed by atoms with Gasteiger partial charge in [-0.05, 0) is 48.2 Å². The molecule has 0 radical (unpaired) electrons. The summed E-state index contributed by atoms with van der Waals surface area (Å²) in [7, 11) is 1.24. The van der Waals surface area contributed by atoms with Gasteiger partial charge in [-0.2, -0.15) is 5.26 Å². The zero-order valence-electron chi connectivity index (χ0n) is 23.0. The molecular weight excluding hydrogens is 571 g/mol. The highest BCUT2D eigenvalue weighted by Crippen LogP contribution is 2.56. The van der Waals surface area contributed by atoms with Crippen molar-refractivity contribution in [3.8, 4) is 6.07 Å². The lowest BCUT2D eigenvalue weighted by Crippen LogP contribution is -2.42. The second kappa shape index (κ2) is 11.7. The standard InChI is InChI=1S/C31H29Cl2F2N3O3/c1-30(2,3)15-19-16-38(29(40)37-21-8-5-7-18(13-21)28(39)41-4)27(22-9-6-10-24(33)26(22)35)31(19,17-36)23-12-11-20(32)14-25(23)34/h5-14,19,27H,15-16H2,1-4H3,(H,37,40)/t19-,27-,31-/m1/s1. The van der Waals surface area contributed by atoms with Gasteiger partial charge in [0.2, 0.25) is 0 Å². The van der Waals surface area contributed by atoms with Gasteiger partial charge in [-0.3, -0.25) is 0 Å². The maximum atomic E-state index is 15.8. The molecule has 0 unspecified atom stereocenters. The number of ether oxygens (including phenoxy) is 1. The van der Waals surface area contributed by atoms with Crippen LogP contribution in [0.1, 0.15) is 54.7 Å². The Hall–Kier alpha value is -3.67. The Labute approximate surface area is 247 Å². The third-order valence-corrected chi connectivity index (χ3v) is 7.82. The molecular formula is C31H29Cl2F2N3O3. The van der Waals surface area contributed by atoms with E-state index in [-0.39, 0.29) is 44.4 Å². The quantitative estimate of drug-likeness (QED) is 0.300. The second-order valence-electron chi connectivity index (χ2n) is 11.3. The van der Waals surface area contributed by atoms with Crippen molar-refractivity contribution >= 4 is 40.9 Å². The first-order valence-electron chi connectivity index (χ1n) is 12.9. The summed E-state index contributed by atoms with van der Waals surface area (Å²) in [6, 6.07) is 14.9. The normalized spacial score (nSPS) is 20.4. The molecule has 214 valence electrons. The number of halogens is 4. The predicted octanol–water partition coefficient (Wildman–Crippen LogP) is 8.16. The number of benzene rings is 3. The minimum absolute atomic E-state index is 0.00557. The van der Waals surface area contributed by atoms with Crippen LogP contribution in [-0.2, 0) is 10.2 Å². The van der Waals surface area contributed by atoms with Crippen molar-refractivity contribution in [3.05, 3.63) is 99.0 Å². The maximum absolute atomic E-state index is 15.8. The van der Waals surface area contributed by atoms with Crippen molar-refractivity contribution in [2.24, 2.45) is 11.3 Å². The maximum Gasteiger partial charge on any atom is 0.337 e. The van der Waals surface area contributed by atoms with E-state index in [1.165, 1.54) is 54.5 Å². The molecule has 0 bridgehead atoms. The third kappa shape index (κ3) is 5.88. The topological polar surface area (TPSA) is 82.4 Å². The smallest absolute Gasteiger partial charge is 0.337 e. The van der Waals surface area contributed by atoms with Crippen LogP contribution in [0, 0.1) is 34.3 Å². The molecule has 0 spiro atoms. The van der Waals surface area contributed by atoms with Gasteiger partial charge in [0, 0.05) is 34.3 Å². The number of anilines is 1. The minimum Gasteiger partial charge on any atom is -0.465 e. The van der Waals surface area contributed by atoms with Crippen LogP contribution < -0.4 is 5.32 Å². The molecule has 10 heteroatoms. The molecule has 1 N–H and O–H groups in total. The van der Waals surface area contributed by atoms with E-state index < -0.39 is 41.0 Å². The fraction of sp³-hybridized carbons (Fsp3) is 0.323. The summed E-state index contributed by atoms with van der Waals surface area (Å²) in [6.45, 7) is 5.93. The number of esters is 1. The average Bonchev–Trinajstić information content (AvgIpc) is 3.22. The Morgan fingerprint density at radius 1 is 1.12 bits per heavy atom. The van der Waals surface area contributed by atoms with Crippen molar-refractivity contribution in [2.75, 3.05) is 19.0 Å². The average molecular weight is 600 g/mol. The number of hydrogen-bond acceptors (Lipinski definition) is 4. The van der Waals surface area contributed by atoms with E-state index in [0.717, 1.165) is 6.07 Å². The number of nitriles is 1. The Morgan fingerprint density at radius 3 is 2.46 bits per heavy atom. The Bertz CT molecular complexity index is 1540. The molecule has 0 aliphatic carbocycles. The zero-order chi connectivity index (χ0) is 30.1. The SMILES string of the molecule is COC(=O)c1cccc(NC(=O)N2C[C@@H](CC(C)(C)C)[C@](C#N)(c3ccc(Cl)cc3F)[C@H]2c2cccc(Cl)c2F)c1. The van der Waals surface area contributed by atoms with Crippen LogP contribution in [0.25, 0.3) is 0 Å². The summed E-state index contributed by atoms with van der Waals surface area (Å²) >= 11 is 12.2. The summed E-state index contributed by atoms with van der Waals surface area (Å²) < 4.78 is 36.2. The largest absolute Gasteiger partial charge is 0.465 e. The van der Waals surface area contributed by atoms with Gasteiger partial charge in [-0.15, -0.1) is 0 Å². The molecule has 1 heterocycles. The predicted molar refractivity (Wildman–Crippen MR) is 154 cm³/mol. The Morgan fingerprint density at radius 2 is 1.83 bits per heavy atom. The van der Waals surface area contributed by atoms with Gasteiger partial charge in [0.1, 0.15) is 17.0 Å². The van der Waals surface area contributed by atoms with Crippen LogP contribution >= 0.6 is 23.2 Å². The van der Waals surface area contributed by atoms with Gasteiger partial charge in [-0.1, -0.05) is 68.2 Å². The van der Waals surface area contributed by atoms with E-state index >= 15 is 8.78 Å². The fourth-order valence-corrected chi connectivity index (χ4v) is 6.05. The van der Waals surface area contributed by atoms with Gasteiger partial charge in [0.05, 0.1) is 29.8 Å². The molecule has 1 aliphatic heterocycles. The van der Waals surface area contributed by atoms with Crippen LogP contribution in [0.2, 0.25) is 10.0 Å². The molecule has 3 aromatic carbocycles. The van der Waals surface area contributed by atoms with Crippen LogP contribution in [0.4, 0.5) is 19.3 Å². The molecule has 2 amide bonds. The van der Waals surface area contributed by atoms with E-state index in [4.69, 9.17) is 27.9 Å². The molecule has 41 heavy (non-hydrogen) atoms. The minimum atomic E-state index is -1.71. The van der Waals surface area contributed by atoms with Crippen molar-refractivity contribution in [3.63, 3.8) is 0 Å². The first-order valence-corrected chi connectivity index (χ1v) is 13.6. The van der Waals surface area contributed by atoms with Gasteiger partial charge in [0.25, 0.3) is 0 Å². The molecule has 1 saturated heterocycles. The lowest BCUT2D eigenvalue weighted by Gasteiger charge is -2.38. The lowest BCUT2D eigenvalue weighted by molar-refractivity contribution is 0.0600. The first-order chi connectivity index (χ1) is 19.3. The second-order valence-corrected chi connectivity index (χ2v) is 12.1. The number of nitrogens with zero attached hydrogens (tertiary/aromatic N) is 2. The highest BCUT2D eigenvalue weighted by molar-refractivity contribution is 6.31. The number of rotatable bonds is 5. The van der Waals surface area contributed by atoms with Crippen LogP contribution in [0.15, 0.2) is 60.7 Å². The van der Waals surface area contributed by atoms with E-state index in [0.29, 0.717) is 6.42 Å². The van der Waals surface area contributed by atoms with Crippen molar-refractivity contribution in [1.29, 1.82) is 5.26 Å². The summed E-state index contributed by atoms with van der Waals surface area (Å²) in [5, 5.41) is 13.6. The first kappa shape index (κ1) is 30.3. The lowest BCUT2D eigenvalue weighted by atomic mass is 9.63. The van der Waals surface area contributed by atoms with Crippen molar-refractivity contribution in [1.82, 2.24) is 4.90 Å². The van der Waals surface area contributed by atoms with Gasteiger partial charge in [-0.25, -0.2) is 18.4 Å². The molecule has 6 nitrogen and oxygen atoms in total. The molecule has 0 saturated carbocycles. The molecule has 0 aromatic heterocycles. The number of hydrogen-bond donors (Lipinski definition) is 1. The van der Waals surface area contributed by atoms with Crippen LogP contribution in [0.5, 0.6) is 0 Å². The molecule has 4 rings (SSSR count). The molecule has 3 aromatic rings. The van der Waals surface area contributed by atoms with E-state index in [2.05, 4.69) is 11.4 Å². The number of carbonyl (C=O) groups is 2. The molecule has 1 fully saturated rings. The van der Waals surface area contributed by atoms with Crippen molar-refractivity contribution < 1.29 is 23.1 Å². The van der Waals surface area contributed by atoms with Crippen LogP contribution in [0.3, 0.4) is 0 Å². The summed E-state index contributed by atoms with van der Waals surface area (Å²) in [4.78, 5) is 27.3. The third-order valence-electron chi connectivity index (χ3n) is 7.30.